The molecule has 166 valence electrons. The van der Waals surface area contributed by atoms with Crippen molar-refractivity contribution in [3.8, 4) is 11.5 Å². The molecule has 1 saturated heterocycles. The number of hydrogen-bond donors (Lipinski definition) is 2. The first-order valence-electron chi connectivity index (χ1n) is 10.3. The molecule has 8 heteroatoms. The molecule has 0 amide bonds. The SMILES string of the molecule is CCCOc1ccc(CNC(=NC)NC2CCN(c3cccs3)CC2)cc1OC.I. The standard InChI is InChI=1S/C22H32N4O2S.HI/c1-4-13-28-19-8-7-17(15-20(19)27-3)16-24-22(23-2)25-18-9-11-26(12-10-18)21-6-5-14-29-21;/h5-8,14-15,18H,4,9-13,16H2,1-3H3,(H2,23,24,25);1H. The van der Waals surface area contributed by atoms with Gasteiger partial charge in [0.2, 0.25) is 0 Å². The second kappa shape index (κ2) is 12.9. The molecule has 6 nitrogen and oxygen atoms in total. The molecule has 2 heterocycles. The van der Waals surface area contributed by atoms with Crippen LogP contribution in [0.25, 0.3) is 0 Å². The van der Waals surface area contributed by atoms with Gasteiger partial charge in [-0.2, -0.15) is 0 Å². The summed E-state index contributed by atoms with van der Waals surface area (Å²) in [7, 11) is 3.49. The van der Waals surface area contributed by atoms with E-state index in [1.807, 2.05) is 30.5 Å². The highest BCUT2D eigenvalue weighted by Gasteiger charge is 2.20. The lowest BCUT2D eigenvalue weighted by Crippen LogP contribution is -2.48. The molecule has 1 aromatic carbocycles. The van der Waals surface area contributed by atoms with E-state index in [4.69, 9.17) is 9.47 Å². The largest absolute Gasteiger partial charge is 0.493 e. The number of guanidine groups is 1. The molecule has 30 heavy (non-hydrogen) atoms. The van der Waals surface area contributed by atoms with Crippen LogP contribution in [-0.2, 0) is 6.54 Å². The predicted molar refractivity (Wildman–Crippen MR) is 137 cm³/mol. The first kappa shape index (κ1) is 24.6. The summed E-state index contributed by atoms with van der Waals surface area (Å²) in [5.41, 5.74) is 1.13. The maximum atomic E-state index is 5.73. The summed E-state index contributed by atoms with van der Waals surface area (Å²) in [6.07, 6.45) is 3.19. The van der Waals surface area contributed by atoms with Crippen molar-refractivity contribution in [3.05, 3.63) is 41.3 Å². The van der Waals surface area contributed by atoms with Crippen molar-refractivity contribution in [1.82, 2.24) is 10.6 Å². The quantitative estimate of drug-likeness (QED) is 0.291. The van der Waals surface area contributed by atoms with Gasteiger partial charge in [-0.25, -0.2) is 0 Å². The van der Waals surface area contributed by atoms with Gasteiger partial charge in [-0.15, -0.1) is 35.3 Å². The van der Waals surface area contributed by atoms with Crippen LogP contribution in [0.4, 0.5) is 5.00 Å². The van der Waals surface area contributed by atoms with E-state index in [0.29, 0.717) is 19.2 Å². The van der Waals surface area contributed by atoms with E-state index in [2.05, 4.69) is 51.0 Å². The number of nitrogens with one attached hydrogen (secondary N) is 2. The van der Waals surface area contributed by atoms with Crippen LogP contribution in [0.5, 0.6) is 11.5 Å². The lowest BCUT2D eigenvalue weighted by atomic mass is 10.1. The number of aliphatic imine (C=N–C) groups is 1. The number of rotatable bonds is 8. The van der Waals surface area contributed by atoms with Gasteiger partial charge in [-0.1, -0.05) is 13.0 Å². The Bertz CT molecular complexity index is 777. The van der Waals surface area contributed by atoms with E-state index in [-0.39, 0.29) is 24.0 Å². The van der Waals surface area contributed by atoms with Crippen LogP contribution in [0.3, 0.4) is 0 Å². The lowest BCUT2D eigenvalue weighted by molar-refractivity contribution is 0.294. The molecule has 0 bridgehead atoms. The molecule has 2 aromatic rings. The fourth-order valence-corrected chi connectivity index (χ4v) is 4.21. The van der Waals surface area contributed by atoms with Gasteiger partial charge < -0.3 is 25.0 Å². The molecule has 1 aliphatic heterocycles. The number of ether oxygens (including phenoxy) is 2. The molecule has 2 N–H and O–H groups in total. The first-order chi connectivity index (χ1) is 14.2. The van der Waals surface area contributed by atoms with Crippen LogP contribution in [0.15, 0.2) is 40.7 Å². The number of nitrogens with zero attached hydrogens (tertiary/aromatic N) is 2. The Labute approximate surface area is 201 Å². The summed E-state index contributed by atoms with van der Waals surface area (Å²) in [5.74, 6) is 2.39. The Morgan fingerprint density at radius 2 is 2.03 bits per heavy atom. The minimum atomic E-state index is 0. The molecule has 0 radical (unpaired) electrons. The predicted octanol–water partition coefficient (Wildman–Crippen LogP) is 4.50. The van der Waals surface area contributed by atoms with Crippen LogP contribution in [0, 0.1) is 0 Å². The highest BCUT2D eigenvalue weighted by atomic mass is 127. The van der Waals surface area contributed by atoms with Crippen molar-refractivity contribution >= 4 is 46.3 Å². The molecule has 1 aromatic heterocycles. The molecule has 0 aliphatic carbocycles. The van der Waals surface area contributed by atoms with Gasteiger partial charge in [0.15, 0.2) is 17.5 Å². The van der Waals surface area contributed by atoms with Gasteiger partial charge in [-0.05, 0) is 54.5 Å². The van der Waals surface area contributed by atoms with Crippen molar-refractivity contribution in [2.75, 3.05) is 38.8 Å². The minimum absolute atomic E-state index is 0. The van der Waals surface area contributed by atoms with E-state index in [0.717, 1.165) is 55.4 Å². The van der Waals surface area contributed by atoms with Gasteiger partial charge in [0.1, 0.15) is 0 Å². The van der Waals surface area contributed by atoms with Crippen LogP contribution < -0.4 is 25.0 Å². The van der Waals surface area contributed by atoms with E-state index < -0.39 is 0 Å². The minimum Gasteiger partial charge on any atom is -0.493 e. The van der Waals surface area contributed by atoms with Crippen LogP contribution in [0.2, 0.25) is 0 Å². The molecular formula is C22H33IN4O2S. The van der Waals surface area contributed by atoms with E-state index in [9.17, 15) is 0 Å². The monoisotopic (exact) mass is 544 g/mol. The van der Waals surface area contributed by atoms with Crippen LogP contribution in [-0.4, -0.2) is 45.9 Å². The Balaban J connectivity index is 0.00000320. The molecule has 0 spiro atoms. The van der Waals surface area contributed by atoms with Crippen molar-refractivity contribution in [1.29, 1.82) is 0 Å². The Hall–Kier alpha value is -1.68. The van der Waals surface area contributed by atoms with Crippen molar-refractivity contribution < 1.29 is 9.47 Å². The number of benzene rings is 1. The number of hydrogen-bond acceptors (Lipinski definition) is 5. The summed E-state index contributed by atoms with van der Waals surface area (Å²) >= 11 is 1.81. The normalized spacial score (nSPS) is 14.8. The average molecular weight is 545 g/mol. The van der Waals surface area contributed by atoms with E-state index in [1.165, 1.54) is 5.00 Å². The second-order valence-corrected chi connectivity index (χ2v) is 8.04. The highest BCUT2D eigenvalue weighted by molar-refractivity contribution is 14.0. The van der Waals surface area contributed by atoms with Gasteiger partial charge in [-0.3, -0.25) is 4.99 Å². The number of methoxy groups -OCH3 is 1. The molecule has 1 fully saturated rings. The summed E-state index contributed by atoms with van der Waals surface area (Å²) < 4.78 is 11.2. The molecule has 1 aliphatic rings. The summed E-state index contributed by atoms with van der Waals surface area (Å²) in [6.45, 7) is 5.61. The number of halogens is 1. The molecular weight excluding hydrogens is 511 g/mol. The van der Waals surface area contributed by atoms with Gasteiger partial charge >= 0.3 is 0 Å². The fourth-order valence-electron chi connectivity index (χ4n) is 3.42. The molecule has 0 unspecified atom stereocenters. The second-order valence-electron chi connectivity index (χ2n) is 7.12. The zero-order chi connectivity index (χ0) is 20.5. The van der Waals surface area contributed by atoms with E-state index in [1.54, 1.807) is 7.11 Å². The third kappa shape index (κ3) is 6.94. The van der Waals surface area contributed by atoms with Crippen molar-refractivity contribution in [2.45, 2.75) is 38.8 Å². The van der Waals surface area contributed by atoms with Crippen LogP contribution >= 0.6 is 35.3 Å². The van der Waals surface area contributed by atoms with Crippen LogP contribution in [0.1, 0.15) is 31.7 Å². The van der Waals surface area contributed by atoms with Crippen molar-refractivity contribution in [3.63, 3.8) is 0 Å². The zero-order valence-electron chi connectivity index (χ0n) is 18.0. The number of thiophene rings is 1. The van der Waals surface area contributed by atoms with E-state index >= 15 is 0 Å². The molecule has 3 rings (SSSR count). The Morgan fingerprint density at radius 3 is 2.67 bits per heavy atom. The van der Waals surface area contributed by atoms with Gasteiger partial charge in [0, 0.05) is 32.7 Å². The number of anilines is 1. The highest BCUT2D eigenvalue weighted by Crippen LogP contribution is 2.28. The molecule has 0 atom stereocenters. The Morgan fingerprint density at radius 1 is 1.23 bits per heavy atom. The third-order valence-corrected chi connectivity index (χ3v) is 5.96. The summed E-state index contributed by atoms with van der Waals surface area (Å²) in [4.78, 5) is 6.86. The third-order valence-electron chi connectivity index (χ3n) is 5.03. The van der Waals surface area contributed by atoms with Crippen molar-refractivity contribution in [2.24, 2.45) is 4.99 Å². The average Bonchev–Trinajstić information content (AvgIpc) is 3.30. The fraction of sp³-hybridized carbons (Fsp3) is 0.500. The van der Waals surface area contributed by atoms with Gasteiger partial charge in [0.25, 0.3) is 0 Å². The summed E-state index contributed by atoms with van der Waals surface area (Å²) in [6, 6.07) is 10.8. The number of piperidine rings is 1. The Kier molecular flexibility index (Phi) is 10.6. The van der Waals surface area contributed by atoms with Gasteiger partial charge in [0.05, 0.1) is 18.7 Å². The summed E-state index contributed by atoms with van der Waals surface area (Å²) in [5, 5.41) is 10.5. The maximum absolute atomic E-state index is 5.73. The lowest BCUT2D eigenvalue weighted by Gasteiger charge is -2.33. The topological polar surface area (TPSA) is 58.1 Å². The smallest absolute Gasteiger partial charge is 0.191 e. The zero-order valence-corrected chi connectivity index (χ0v) is 21.2. The molecule has 0 saturated carbocycles. The first-order valence-corrected chi connectivity index (χ1v) is 11.2. The maximum Gasteiger partial charge on any atom is 0.191 e.